The molecule has 1 N–H and O–H groups in total. The van der Waals surface area contributed by atoms with Crippen LogP contribution in [0.4, 0.5) is 13.2 Å². The first kappa shape index (κ1) is 15.4. The molecular weight excluding hydrogens is 299 g/mol. The largest absolute Gasteiger partial charge is 0.478 e. The molecule has 0 atom stereocenters. The SMILES string of the molecule is N#Cc1cc(C(F)(F)F)ccc1Oc1cccc(C(=O)O)c1. The van der Waals surface area contributed by atoms with E-state index in [2.05, 4.69) is 0 Å². The van der Waals surface area contributed by atoms with Crippen LogP contribution in [0.3, 0.4) is 0 Å². The number of rotatable bonds is 3. The predicted octanol–water partition coefficient (Wildman–Crippen LogP) is 4.07. The number of alkyl halides is 3. The summed E-state index contributed by atoms with van der Waals surface area (Å²) in [5.41, 5.74) is -1.30. The number of carboxylic acids is 1. The Balaban J connectivity index is 2.36. The van der Waals surface area contributed by atoms with Crippen molar-refractivity contribution < 1.29 is 27.8 Å². The Bertz CT molecular complexity index is 763. The highest BCUT2D eigenvalue weighted by Crippen LogP contribution is 2.33. The summed E-state index contributed by atoms with van der Waals surface area (Å²) >= 11 is 0. The highest BCUT2D eigenvalue weighted by atomic mass is 19.4. The molecule has 0 heterocycles. The second kappa shape index (κ2) is 5.77. The lowest BCUT2D eigenvalue weighted by atomic mass is 10.1. The summed E-state index contributed by atoms with van der Waals surface area (Å²) in [6.45, 7) is 0. The fourth-order valence-electron chi connectivity index (χ4n) is 1.70. The van der Waals surface area contributed by atoms with Crippen LogP contribution in [0.1, 0.15) is 21.5 Å². The standard InChI is InChI=1S/C15H8F3NO3/c16-15(17,18)11-4-5-13(10(6-11)8-19)22-12-3-1-2-9(7-12)14(20)21/h1-7H,(H,20,21). The molecule has 0 aliphatic carbocycles. The molecule has 0 aliphatic rings. The molecule has 0 saturated heterocycles. The van der Waals surface area contributed by atoms with Crippen molar-refractivity contribution >= 4 is 5.97 Å². The summed E-state index contributed by atoms with van der Waals surface area (Å²) in [6, 6.07) is 9.52. The molecule has 0 saturated carbocycles. The number of carbonyl (C=O) groups is 1. The molecular formula is C15H8F3NO3. The third-order valence-electron chi connectivity index (χ3n) is 2.74. The van der Waals surface area contributed by atoms with Gasteiger partial charge in [-0.25, -0.2) is 4.79 Å². The van der Waals surface area contributed by atoms with Gasteiger partial charge < -0.3 is 9.84 Å². The van der Waals surface area contributed by atoms with Gasteiger partial charge in [-0.2, -0.15) is 18.4 Å². The maximum atomic E-state index is 12.6. The first-order chi connectivity index (χ1) is 10.3. The number of hydrogen-bond acceptors (Lipinski definition) is 3. The zero-order valence-electron chi connectivity index (χ0n) is 10.9. The van der Waals surface area contributed by atoms with E-state index in [0.717, 1.165) is 12.1 Å². The Morgan fingerprint density at radius 3 is 2.50 bits per heavy atom. The van der Waals surface area contributed by atoms with Crippen LogP contribution in [0.25, 0.3) is 0 Å². The highest BCUT2D eigenvalue weighted by Gasteiger charge is 2.31. The van der Waals surface area contributed by atoms with E-state index in [0.29, 0.717) is 6.07 Å². The summed E-state index contributed by atoms with van der Waals surface area (Å²) in [5, 5.41) is 17.8. The maximum Gasteiger partial charge on any atom is 0.416 e. The monoisotopic (exact) mass is 307 g/mol. The number of halogens is 3. The van der Waals surface area contributed by atoms with Crippen LogP contribution in [-0.2, 0) is 6.18 Å². The molecule has 2 aromatic rings. The number of hydrogen-bond donors (Lipinski definition) is 1. The summed E-state index contributed by atoms with van der Waals surface area (Å²) in [6.07, 6.45) is -4.56. The molecule has 22 heavy (non-hydrogen) atoms. The molecule has 2 aromatic carbocycles. The van der Waals surface area contributed by atoms with E-state index in [1.165, 1.54) is 24.3 Å². The smallest absolute Gasteiger partial charge is 0.416 e. The molecule has 0 radical (unpaired) electrons. The van der Waals surface area contributed by atoms with E-state index in [9.17, 15) is 18.0 Å². The molecule has 0 amide bonds. The zero-order valence-corrected chi connectivity index (χ0v) is 10.9. The number of carboxylic acid groups (broad SMARTS) is 1. The van der Waals surface area contributed by atoms with Gasteiger partial charge in [0.1, 0.15) is 17.6 Å². The van der Waals surface area contributed by atoms with Crippen LogP contribution < -0.4 is 4.74 Å². The average Bonchev–Trinajstić information content (AvgIpc) is 2.46. The number of benzene rings is 2. The van der Waals surface area contributed by atoms with Gasteiger partial charge in [0.25, 0.3) is 0 Å². The molecule has 0 aliphatic heterocycles. The van der Waals surface area contributed by atoms with Gasteiger partial charge in [-0.15, -0.1) is 0 Å². The van der Waals surface area contributed by atoms with Crippen LogP contribution in [-0.4, -0.2) is 11.1 Å². The van der Waals surface area contributed by atoms with E-state index in [-0.39, 0.29) is 22.6 Å². The normalized spacial score (nSPS) is 10.8. The fourth-order valence-corrected chi connectivity index (χ4v) is 1.70. The maximum absolute atomic E-state index is 12.6. The topological polar surface area (TPSA) is 70.3 Å². The quantitative estimate of drug-likeness (QED) is 0.928. The van der Waals surface area contributed by atoms with Crippen molar-refractivity contribution in [1.82, 2.24) is 0 Å². The summed E-state index contributed by atoms with van der Waals surface area (Å²) in [5.74, 6) is -1.15. The van der Waals surface area contributed by atoms with Gasteiger partial charge in [-0.05, 0) is 36.4 Å². The number of nitrogens with zero attached hydrogens (tertiary/aromatic N) is 1. The molecule has 0 bridgehead atoms. The van der Waals surface area contributed by atoms with Gasteiger partial charge >= 0.3 is 12.1 Å². The van der Waals surface area contributed by atoms with E-state index >= 15 is 0 Å². The second-order valence-corrected chi connectivity index (χ2v) is 4.26. The number of nitriles is 1. The van der Waals surface area contributed by atoms with Gasteiger partial charge in [0.2, 0.25) is 0 Å². The molecule has 4 nitrogen and oxygen atoms in total. The lowest BCUT2D eigenvalue weighted by Gasteiger charge is -2.11. The lowest BCUT2D eigenvalue weighted by Crippen LogP contribution is -2.05. The van der Waals surface area contributed by atoms with Crippen LogP contribution in [0, 0.1) is 11.3 Å². The minimum absolute atomic E-state index is 0.0390. The van der Waals surface area contributed by atoms with Crippen molar-refractivity contribution in [2.45, 2.75) is 6.18 Å². The Hall–Kier alpha value is -3.01. The first-order valence-corrected chi connectivity index (χ1v) is 5.94. The third kappa shape index (κ3) is 3.35. The van der Waals surface area contributed by atoms with Gasteiger partial charge in [0.15, 0.2) is 0 Å². The van der Waals surface area contributed by atoms with E-state index in [4.69, 9.17) is 15.1 Å². The van der Waals surface area contributed by atoms with E-state index < -0.39 is 17.7 Å². The molecule has 0 unspecified atom stereocenters. The van der Waals surface area contributed by atoms with Crippen LogP contribution in [0.2, 0.25) is 0 Å². The molecule has 7 heteroatoms. The van der Waals surface area contributed by atoms with Crippen molar-refractivity contribution in [2.75, 3.05) is 0 Å². The van der Waals surface area contributed by atoms with Crippen molar-refractivity contribution in [1.29, 1.82) is 5.26 Å². The number of ether oxygens (including phenoxy) is 1. The minimum Gasteiger partial charge on any atom is -0.478 e. The molecule has 112 valence electrons. The molecule has 0 aromatic heterocycles. The average molecular weight is 307 g/mol. The van der Waals surface area contributed by atoms with Crippen LogP contribution in [0.15, 0.2) is 42.5 Å². The van der Waals surface area contributed by atoms with Crippen molar-refractivity contribution in [3.63, 3.8) is 0 Å². The fraction of sp³-hybridized carbons (Fsp3) is 0.0667. The van der Waals surface area contributed by atoms with Crippen molar-refractivity contribution in [2.24, 2.45) is 0 Å². The zero-order chi connectivity index (χ0) is 16.3. The van der Waals surface area contributed by atoms with Crippen molar-refractivity contribution in [3.8, 4) is 17.6 Å². The Labute approximate surface area is 123 Å². The number of aromatic carboxylic acids is 1. The highest BCUT2D eigenvalue weighted by molar-refractivity contribution is 5.88. The summed E-state index contributed by atoms with van der Waals surface area (Å²) in [7, 11) is 0. The summed E-state index contributed by atoms with van der Waals surface area (Å²) < 4.78 is 43.1. The molecule has 0 spiro atoms. The van der Waals surface area contributed by atoms with Gasteiger partial charge in [0.05, 0.1) is 16.7 Å². The predicted molar refractivity (Wildman–Crippen MR) is 69.6 cm³/mol. The first-order valence-electron chi connectivity index (χ1n) is 5.94. The van der Waals surface area contributed by atoms with Crippen molar-refractivity contribution in [3.05, 3.63) is 59.2 Å². The molecule has 0 fully saturated rings. The van der Waals surface area contributed by atoms with Crippen LogP contribution in [0.5, 0.6) is 11.5 Å². The minimum atomic E-state index is -4.56. The summed E-state index contributed by atoms with van der Waals surface area (Å²) in [4.78, 5) is 10.9. The van der Waals surface area contributed by atoms with Gasteiger partial charge in [-0.1, -0.05) is 6.07 Å². The second-order valence-electron chi connectivity index (χ2n) is 4.26. The lowest BCUT2D eigenvalue weighted by molar-refractivity contribution is -0.137. The van der Waals surface area contributed by atoms with Gasteiger partial charge in [-0.3, -0.25) is 0 Å². The van der Waals surface area contributed by atoms with E-state index in [1.54, 1.807) is 6.07 Å². The van der Waals surface area contributed by atoms with Crippen LogP contribution >= 0.6 is 0 Å². The Morgan fingerprint density at radius 2 is 1.91 bits per heavy atom. The molecule has 2 rings (SSSR count). The third-order valence-corrected chi connectivity index (χ3v) is 2.74. The van der Waals surface area contributed by atoms with E-state index in [1.807, 2.05) is 0 Å². The Morgan fingerprint density at radius 1 is 1.18 bits per heavy atom. The Kier molecular flexibility index (Phi) is 4.04. The van der Waals surface area contributed by atoms with Gasteiger partial charge in [0, 0.05) is 0 Å².